The molecule has 3 N–H and O–H groups in total. The maximum absolute atomic E-state index is 12.3. The first kappa shape index (κ1) is 17.7. The van der Waals surface area contributed by atoms with Crippen LogP contribution in [0.4, 0.5) is 0 Å². The smallest absolute Gasteiger partial charge is 0.251 e. The molecular weight excluding hydrogens is 342 g/mol. The second kappa shape index (κ2) is 7.90. The number of fused-ring (bicyclic) bond motifs is 1. The van der Waals surface area contributed by atoms with Crippen molar-refractivity contribution in [3.05, 3.63) is 53.9 Å². The van der Waals surface area contributed by atoms with Crippen LogP contribution in [0.2, 0.25) is 0 Å². The average molecular weight is 365 g/mol. The number of hydrogen-bond acceptors (Lipinski definition) is 4. The zero-order chi connectivity index (χ0) is 18.6. The van der Waals surface area contributed by atoms with E-state index in [0.29, 0.717) is 23.9 Å². The molecule has 3 aromatic rings. The first-order chi connectivity index (χ1) is 13.2. The van der Waals surface area contributed by atoms with Crippen LogP contribution in [0.3, 0.4) is 0 Å². The van der Waals surface area contributed by atoms with Crippen LogP contribution < -0.4 is 5.32 Å². The molecule has 1 unspecified atom stereocenters. The molecule has 1 fully saturated rings. The molecule has 4 rings (SSSR count). The molecule has 0 spiro atoms. The van der Waals surface area contributed by atoms with Crippen molar-refractivity contribution in [1.29, 1.82) is 0 Å². The van der Waals surface area contributed by atoms with Crippen molar-refractivity contribution < 1.29 is 14.6 Å². The Morgan fingerprint density at radius 3 is 2.78 bits per heavy atom. The summed E-state index contributed by atoms with van der Waals surface area (Å²) in [5.74, 6) is 1.08. The van der Waals surface area contributed by atoms with Gasteiger partial charge in [-0.25, -0.2) is 4.98 Å². The lowest BCUT2D eigenvalue weighted by molar-refractivity contribution is 0.0950. The fraction of sp³-hybridized carbons (Fsp3) is 0.333. The van der Waals surface area contributed by atoms with Gasteiger partial charge in [0.25, 0.3) is 5.91 Å². The van der Waals surface area contributed by atoms with Crippen LogP contribution in [0, 0.1) is 5.92 Å². The zero-order valence-electron chi connectivity index (χ0n) is 15.1. The Morgan fingerprint density at radius 2 is 2.04 bits per heavy atom. The van der Waals surface area contributed by atoms with Crippen LogP contribution in [0.25, 0.3) is 22.2 Å². The number of H-pyrrole nitrogens is 1. The molecule has 2 heterocycles. The van der Waals surface area contributed by atoms with E-state index in [1.54, 1.807) is 0 Å². The SMILES string of the molecule is O=C(NCCC1CCOC1)c1ccc(-c2ccc3nc(CO)[nH]c3c2)cc1. The highest BCUT2D eigenvalue weighted by Gasteiger charge is 2.15. The molecule has 0 radical (unpaired) electrons. The Bertz CT molecular complexity index is 927. The Balaban J connectivity index is 1.41. The van der Waals surface area contributed by atoms with Gasteiger partial charge in [-0.3, -0.25) is 4.79 Å². The summed E-state index contributed by atoms with van der Waals surface area (Å²) in [6.45, 7) is 2.22. The van der Waals surface area contributed by atoms with Gasteiger partial charge in [0, 0.05) is 25.3 Å². The van der Waals surface area contributed by atoms with Crippen LogP contribution in [0.5, 0.6) is 0 Å². The molecule has 1 aliphatic rings. The second-order valence-electron chi connectivity index (χ2n) is 6.93. The highest BCUT2D eigenvalue weighted by atomic mass is 16.5. The topological polar surface area (TPSA) is 87.2 Å². The third-order valence-corrected chi connectivity index (χ3v) is 5.02. The number of benzene rings is 2. The van der Waals surface area contributed by atoms with Crippen LogP contribution in [0.1, 0.15) is 29.0 Å². The van der Waals surface area contributed by atoms with Crippen LogP contribution in [0.15, 0.2) is 42.5 Å². The lowest BCUT2D eigenvalue weighted by Crippen LogP contribution is -2.26. The number of nitrogens with zero attached hydrogens (tertiary/aromatic N) is 1. The first-order valence-electron chi connectivity index (χ1n) is 9.29. The van der Waals surface area contributed by atoms with Gasteiger partial charge in [-0.1, -0.05) is 18.2 Å². The molecule has 6 nitrogen and oxygen atoms in total. The van der Waals surface area contributed by atoms with Gasteiger partial charge in [0.1, 0.15) is 12.4 Å². The van der Waals surface area contributed by atoms with Gasteiger partial charge >= 0.3 is 0 Å². The van der Waals surface area contributed by atoms with Gasteiger partial charge in [0.15, 0.2) is 0 Å². The lowest BCUT2D eigenvalue weighted by atomic mass is 10.0. The monoisotopic (exact) mass is 365 g/mol. The summed E-state index contributed by atoms with van der Waals surface area (Å²) in [4.78, 5) is 19.7. The van der Waals surface area contributed by atoms with E-state index in [1.807, 2.05) is 42.5 Å². The summed E-state index contributed by atoms with van der Waals surface area (Å²) in [5, 5.41) is 12.2. The zero-order valence-corrected chi connectivity index (χ0v) is 15.1. The Kier molecular flexibility index (Phi) is 5.18. The average Bonchev–Trinajstić information content (AvgIpc) is 3.36. The summed E-state index contributed by atoms with van der Waals surface area (Å²) in [5.41, 5.74) is 4.42. The van der Waals surface area contributed by atoms with E-state index in [2.05, 4.69) is 15.3 Å². The van der Waals surface area contributed by atoms with Gasteiger partial charge in [0.2, 0.25) is 0 Å². The molecule has 27 heavy (non-hydrogen) atoms. The molecule has 6 heteroatoms. The Hall–Kier alpha value is -2.70. The van der Waals surface area contributed by atoms with Gasteiger partial charge in [-0.2, -0.15) is 0 Å². The molecule has 0 aliphatic carbocycles. The molecular formula is C21H23N3O3. The van der Waals surface area contributed by atoms with E-state index < -0.39 is 0 Å². The van der Waals surface area contributed by atoms with E-state index in [-0.39, 0.29) is 12.5 Å². The molecule has 1 amide bonds. The number of nitrogens with one attached hydrogen (secondary N) is 2. The minimum absolute atomic E-state index is 0.0444. The van der Waals surface area contributed by atoms with E-state index in [1.165, 1.54) is 0 Å². The number of carbonyl (C=O) groups excluding carboxylic acids is 1. The van der Waals surface area contributed by atoms with Crippen molar-refractivity contribution in [1.82, 2.24) is 15.3 Å². The van der Waals surface area contributed by atoms with Crippen molar-refractivity contribution in [2.24, 2.45) is 5.92 Å². The number of aromatic amines is 1. The minimum Gasteiger partial charge on any atom is -0.388 e. The summed E-state index contributed by atoms with van der Waals surface area (Å²) >= 11 is 0. The predicted octanol–water partition coefficient (Wildman–Crippen LogP) is 2.88. The summed E-state index contributed by atoms with van der Waals surface area (Å²) in [7, 11) is 0. The maximum Gasteiger partial charge on any atom is 0.251 e. The lowest BCUT2D eigenvalue weighted by Gasteiger charge is -2.09. The van der Waals surface area contributed by atoms with Crippen molar-refractivity contribution in [2.45, 2.75) is 19.4 Å². The molecule has 1 aliphatic heterocycles. The van der Waals surface area contributed by atoms with Gasteiger partial charge in [-0.05, 0) is 54.2 Å². The third kappa shape index (κ3) is 4.02. The standard InChI is InChI=1S/C21H23N3O3/c25-12-20-23-18-6-5-17(11-19(18)24-20)15-1-3-16(4-2-15)21(26)22-9-7-14-8-10-27-13-14/h1-6,11,14,25H,7-10,12-13H2,(H,22,26)(H,23,24). The van der Waals surface area contributed by atoms with Crippen molar-refractivity contribution in [2.75, 3.05) is 19.8 Å². The van der Waals surface area contributed by atoms with E-state index in [4.69, 9.17) is 4.74 Å². The number of aliphatic hydroxyl groups is 1. The largest absolute Gasteiger partial charge is 0.388 e. The Morgan fingerprint density at radius 1 is 1.22 bits per heavy atom. The number of carbonyl (C=O) groups is 1. The van der Waals surface area contributed by atoms with Crippen LogP contribution >= 0.6 is 0 Å². The van der Waals surface area contributed by atoms with Crippen molar-refractivity contribution >= 4 is 16.9 Å². The minimum atomic E-state index is -0.110. The van der Waals surface area contributed by atoms with Gasteiger partial charge < -0.3 is 20.1 Å². The highest BCUT2D eigenvalue weighted by Crippen LogP contribution is 2.24. The fourth-order valence-electron chi connectivity index (χ4n) is 3.43. The summed E-state index contributed by atoms with van der Waals surface area (Å²) in [6, 6.07) is 13.5. The molecule has 1 atom stereocenters. The molecule has 1 aromatic heterocycles. The van der Waals surface area contributed by atoms with Crippen LogP contribution in [-0.4, -0.2) is 40.7 Å². The summed E-state index contributed by atoms with van der Waals surface area (Å²) in [6.07, 6.45) is 2.05. The first-order valence-corrected chi connectivity index (χ1v) is 9.29. The number of imidazole rings is 1. The van der Waals surface area contributed by atoms with Gasteiger partial charge in [-0.15, -0.1) is 0 Å². The van der Waals surface area contributed by atoms with E-state index in [0.717, 1.165) is 48.2 Å². The van der Waals surface area contributed by atoms with E-state index in [9.17, 15) is 9.90 Å². The number of aliphatic hydroxyl groups excluding tert-OH is 1. The molecule has 140 valence electrons. The second-order valence-corrected chi connectivity index (χ2v) is 6.93. The van der Waals surface area contributed by atoms with Crippen LogP contribution in [-0.2, 0) is 11.3 Å². The predicted molar refractivity (Wildman–Crippen MR) is 103 cm³/mol. The molecule has 1 saturated heterocycles. The summed E-state index contributed by atoms with van der Waals surface area (Å²) < 4.78 is 5.36. The Labute approximate surface area is 157 Å². The number of amides is 1. The molecule has 0 bridgehead atoms. The fourth-order valence-corrected chi connectivity index (χ4v) is 3.43. The maximum atomic E-state index is 12.3. The molecule has 2 aromatic carbocycles. The quantitative estimate of drug-likeness (QED) is 0.627. The number of hydrogen-bond donors (Lipinski definition) is 3. The number of aromatic nitrogens is 2. The molecule has 0 saturated carbocycles. The normalized spacial score (nSPS) is 16.7. The van der Waals surface area contributed by atoms with Crippen molar-refractivity contribution in [3.63, 3.8) is 0 Å². The van der Waals surface area contributed by atoms with Crippen molar-refractivity contribution in [3.8, 4) is 11.1 Å². The highest BCUT2D eigenvalue weighted by molar-refractivity contribution is 5.94. The number of rotatable bonds is 6. The van der Waals surface area contributed by atoms with Gasteiger partial charge in [0.05, 0.1) is 11.0 Å². The van der Waals surface area contributed by atoms with E-state index >= 15 is 0 Å². The third-order valence-electron chi connectivity index (χ3n) is 5.02. The number of ether oxygens (including phenoxy) is 1.